The van der Waals surface area contributed by atoms with Crippen LogP contribution in [-0.2, 0) is 4.79 Å². The lowest BCUT2D eigenvalue weighted by Crippen LogP contribution is -2.38. The van der Waals surface area contributed by atoms with Gasteiger partial charge in [0.2, 0.25) is 5.91 Å². The lowest BCUT2D eigenvalue weighted by Gasteiger charge is -2.31. The molecule has 1 atom stereocenters. The average molecular weight is 459 g/mol. The molecule has 1 saturated heterocycles. The van der Waals surface area contributed by atoms with E-state index < -0.39 is 0 Å². The molecule has 0 saturated carbocycles. The van der Waals surface area contributed by atoms with Gasteiger partial charge in [0.15, 0.2) is 0 Å². The molecular weight excluding hydrogens is 432 g/mol. The van der Waals surface area contributed by atoms with Crippen molar-refractivity contribution < 1.29 is 14.6 Å². The van der Waals surface area contributed by atoms with Crippen molar-refractivity contribution in [2.75, 3.05) is 30.4 Å². The lowest BCUT2D eigenvalue weighted by molar-refractivity contribution is -0.114. The van der Waals surface area contributed by atoms with Gasteiger partial charge in [0.25, 0.3) is 0 Å². The molecule has 4 aromatic rings. The topological polar surface area (TPSA) is 116 Å². The van der Waals surface area contributed by atoms with E-state index >= 15 is 0 Å². The molecule has 1 aliphatic rings. The van der Waals surface area contributed by atoms with E-state index in [-0.39, 0.29) is 12.0 Å². The van der Waals surface area contributed by atoms with Gasteiger partial charge < -0.3 is 25.0 Å². The number of amides is 1. The summed E-state index contributed by atoms with van der Waals surface area (Å²) in [6.45, 7) is 2.93. The fourth-order valence-corrected chi connectivity index (χ4v) is 4.38. The summed E-state index contributed by atoms with van der Waals surface area (Å²) in [5, 5.41) is 12.8. The molecule has 1 fully saturated rings. The number of hydrogen-bond acceptors (Lipinski definition) is 7. The van der Waals surface area contributed by atoms with Crippen LogP contribution in [0, 0.1) is 0 Å². The average Bonchev–Trinajstić information content (AvgIpc) is 3.23. The number of anilines is 2. The van der Waals surface area contributed by atoms with Gasteiger partial charge in [0, 0.05) is 31.8 Å². The number of nitrogens with zero attached hydrogens (tertiary/aromatic N) is 4. The summed E-state index contributed by atoms with van der Waals surface area (Å²) < 4.78 is 5.27. The van der Waals surface area contributed by atoms with Crippen molar-refractivity contribution >= 4 is 28.4 Å². The minimum atomic E-state index is -0.327. The van der Waals surface area contributed by atoms with Crippen LogP contribution >= 0.6 is 0 Å². The van der Waals surface area contributed by atoms with Gasteiger partial charge in [0.1, 0.15) is 11.6 Å². The highest BCUT2D eigenvalue weighted by atomic mass is 16.5. The van der Waals surface area contributed by atoms with Crippen LogP contribution in [0.25, 0.3) is 33.5 Å². The van der Waals surface area contributed by atoms with Crippen LogP contribution in [-0.4, -0.2) is 57.3 Å². The summed E-state index contributed by atoms with van der Waals surface area (Å²) in [5.74, 6) is 0.947. The highest BCUT2D eigenvalue weighted by molar-refractivity contribution is 6.02. The third kappa shape index (κ3) is 4.29. The van der Waals surface area contributed by atoms with E-state index in [0.29, 0.717) is 18.1 Å². The number of methoxy groups -OCH3 is 1. The molecule has 0 bridgehead atoms. The Morgan fingerprint density at radius 2 is 2.09 bits per heavy atom. The molecule has 0 radical (unpaired) electrons. The molecule has 0 aromatic carbocycles. The van der Waals surface area contributed by atoms with Gasteiger partial charge >= 0.3 is 0 Å². The number of hydrogen-bond donors (Lipinski definition) is 3. The number of nitrogens with one attached hydrogen (secondary N) is 2. The zero-order valence-electron chi connectivity index (χ0n) is 19.1. The number of aliphatic hydroxyl groups is 1. The summed E-state index contributed by atoms with van der Waals surface area (Å²) in [4.78, 5) is 30.9. The molecule has 1 amide bonds. The second-order valence-corrected chi connectivity index (χ2v) is 8.40. The summed E-state index contributed by atoms with van der Waals surface area (Å²) >= 11 is 0. The molecule has 1 aliphatic heterocycles. The number of rotatable bonds is 5. The molecule has 5 heterocycles. The van der Waals surface area contributed by atoms with E-state index in [1.807, 2.05) is 30.5 Å². The standard InChI is InChI=1S/C25H26N6O3/c1-15(32)29-22-10-16(7-8-26-22)24-23(20-6-5-19(34-2)13-27-20)25-21(30-24)11-17(12-28-25)31-9-3-4-18(33)14-31/h5-8,10-13,18,30,33H,3-4,9,14H2,1-2H3,(H,26,29,32)/t18-/m1/s1. The van der Waals surface area contributed by atoms with Crippen LogP contribution in [0.3, 0.4) is 0 Å². The molecule has 9 heteroatoms. The number of piperidine rings is 1. The number of aromatic nitrogens is 4. The fourth-order valence-electron chi connectivity index (χ4n) is 4.38. The number of aromatic amines is 1. The number of fused-ring (bicyclic) bond motifs is 1. The SMILES string of the molecule is COc1ccc(-c2c(-c3ccnc(NC(C)=O)c3)[nH]c3cc(N4CCC[C@@H](O)C4)cnc23)nc1. The second-order valence-electron chi connectivity index (χ2n) is 8.40. The predicted molar refractivity (Wildman–Crippen MR) is 131 cm³/mol. The molecule has 3 N–H and O–H groups in total. The molecule has 0 aliphatic carbocycles. The number of ether oxygens (including phenoxy) is 1. The van der Waals surface area contributed by atoms with E-state index in [1.165, 1.54) is 6.92 Å². The molecule has 5 rings (SSSR count). The number of pyridine rings is 3. The van der Waals surface area contributed by atoms with Crippen molar-refractivity contribution in [1.29, 1.82) is 0 Å². The molecule has 9 nitrogen and oxygen atoms in total. The van der Waals surface area contributed by atoms with Gasteiger partial charge in [-0.3, -0.25) is 14.8 Å². The quantitative estimate of drug-likeness (QED) is 0.418. The summed E-state index contributed by atoms with van der Waals surface area (Å²) in [6, 6.07) is 9.53. The van der Waals surface area contributed by atoms with E-state index in [9.17, 15) is 9.90 Å². The minimum Gasteiger partial charge on any atom is -0.495 e. The molecule has 34 heavy (non-hydrogen) atoms. The maximum atomic E-state index is 11.5. The number of aliphatic hydroxyl groups excluding tert-OH is 1. The van der Waals surface area contributed by atoms with Gasteiger partial charge in [-0.25, -0.2) is 4.98 Å². The summed E-state index contributed by atoms with van der Waals surface area (Å²) in [6.07, 6.45) is 6.62. The molecule has 174 valence electrons. The minimum absolute atomic E-state index is 0.187. The Bertz CT molecular complexity index is 1330. The smallest absolute Gasteiger partial charge is 0.222 e. The Morgan fingerprint density at radius 3 is 2.82 bits per heavy atom. The molecular formula is C25H26N6O3. The van der Waals surface area contributed by atoms with Crippen molar-refractivity contribution in [3.05, 3.63) is 48.9 Å². The highest BCUT2D eigenvalue weighted by Gasteiger charge is 2.22. The summed E-state index contributed by atoms with van der Waals surface area (Å²) in [5.41, 5.74) is 5.87. The second kappa shape index (κ2) is 9.11. The van der Waals surface area contributed by atoms with Gasteiger partial charge in [-0.15, -0.1) is 0 Å². The first-order valence-electron chi connectivity index (χ1n) is 11.2. The van der Waals surface area contributed by atoms with E-state index in [4.69, 9.17) is 9.72 Å². The fraction of sp³-hybridized carbons (Fsp3) is 0.280. The largest absolute Gasteiger partial charge is 0.495 e. The van der Waals surface area contributed by atoms with E-state index in [0.717, 1.165) is 58.6 Å². The maximum absolute atomic E-state index is 11.5. The third-order valence-corrected chi connectivity index (χ3v) is 5.96. The van der Waals surface area contributed by atoms with Crippen LogP contribution in [0.5, 0.6) is 5.75 Å². The lowest BCUT2D eigenvalue weighted by atomic mass is 10.0. The summed E-state index contributed by atoms with van der Waals surface area (Å²) in [7, 11) is 1.61. The third-order valence-electron chi connectivity index (χ3n) is 5.96. The van der Waals surface area contributed by atoms with E-state index in [2.05, 4.69) is 31.2 Å². The highest BCUT2D eigenvalue weighted by Crippen LogP contribution is 2.38. The first-order chi connectivity index (χ1) is 16.5. The number of H-pyrrole nitrogens is 1. The van der Waals surface area contributed by atoms with Gasteiger partial charge in [-0.05, 0) is 43.2 Å². The van der Waals surface area contributed by atoms with Crippen molar-refractivity contribution in [1.82, 2.24) is 19.9 Å². The Labute approximate surface area is 196 Å². The predicted octanol–water partition coefficient (Wildman–Crippen LogP) is 3.62. The van der Waals surface area contributed by atoms with Gasteiger partial charge in [0.05, 0.1) is 59.3 Å². The Morgan fingerprint density at radius 1 is 1.21 bits per heavy atom. The van der Waals surface area contributed by atoms with Crippen LogP contribution in [0.4, 0.5) is 11.5 Å². The van der Waals surface area contributed by atoms with Crippen molar-refractivity contribution in [3.63, 3.8) is 0 Å². The zero-order chi connectivity index (χ0) is 23.7. The molecule has 0 spiro atoms. The molecule has 0 unspecified atom stereocenters. The van der Waals surface area contributed by atoms with Crippen LogP contribution in [0.1, 0.15) is 19.8 Å². The van der Waals surface area contributed by atoms with Crippen LogP contribution in [0.15, 0.2) is 48.9 Å². The monoisotopic (exact) mass is 458 g/mol. The Balaban J connectivity index is 1.65. The number of carbonyl (C=O) groups is 1. The first-order valence-corrected chi connectivity index (χ1v) is 11.2. The van der Waals surface area contributed by atoms with Gasteiger partial charge in [-0.2, -0.15) is 0 Å². The van der Waals surface area contributed by atoms with Crippen molar-refractivity contribution in [3.8, 4) is 28.3 Å². The maximum Gasteiger partial charge on any atom is 0.222 e. The van der Waals surface area contributed by atoms with Crippen molar-refractivity contribution in [2.45, 2.75) is 25.9 Å². The van der Waals surface area contributed by atoms with Crippen LogP contribution < -0.4 is 15.0 Å². The van der Waals surface area contributed by atoms with E-state index in [1.54, 1.807) is 19.5 Å². The normalized spacial score (nSPS) is 16.0. The van der Waals surface area contributed by atoms with Gasteiger partial charge in [-0.1, -0.05) is 0 Å². The first kappa shape index (κ1) is 21.8. The Kier molecular flexibility index (Phi) is 5.85. The number of carbonyl (C=O) groups excluding carboxylic acids is 1. The van der Waals surface area contributed by atoms with Crippen molar-refractivity contribution in [2.24, 2.45) is 0 Å². The zero-order valence-corrected chi connectivity index (χ0v) is 19.1. The molecule has 4 aromatic heterocycles. The number of β-amino-alcohol motifs (C(OH)–C–C–N with tert-alkyl or cyclic N) is 1. The van der Waals surface area contributed by atoms with Crippen LogP contribution in [0.2, 0.25) is 0 Å². The Hall–Kier alpha value is -3.98.